The van der Waals surface area contributed by atoms with Crippen LogP contribution >= 0.6 is 0 Å². The Morgan fingerprint density at radius 1 is 0.897 bits per heavy atom. The number of benzene rings is 2. The van der Waals surface area contributed by atoms with E-state index in [0.717, 1.165) is 10.8 Å². The van der Waals surface area contributed by atoms with Gasteiger partial charge in [0.25, 0.3) is 5.91 Å². The molecular formula is C22H25NO6. The fourth-order valence-electron chi connectivity index (χ4n) is 2.93. The second-order valence-corrected chi connectivity index (χ2v) is 6.54. The summed E-state index contributed by atoms with van der Waals surface area (Å²) in [5.74, 6) is -0.663. The topological polar surface area (TPSA) is 74.3 Å². The van der Waals surface area contributed by atoms with Crippen molar-refractivity contribution in [3.05, 3.63) is 60.2 Å². The van der Waals surface area contributed by atoms with Crippen LogP contribution in [-0.2, 0) is 23.7 Å². The normalized spacial score (nSPS) is 18.0. The van der Waals surface area contributed by atoms with E-state index >= 15 is 0 Å². The Bertz CT molecular complexity index is 860. The van der Waals surface area contributed by atoms with Crippen LogP contribution in [0.3, 0.4) is 0 Å². The van der Waals surface area contributed by atoms with Crippen LogP contribution < -0.4 is 0 Å². The number of cyclic esters (lactones) is 1. The lowest BCUT2D eigenvalue weighted by molar-refractivity contribution is -0.141. The maximum Gasteiger partial charge on any atom is 0.335 e. The molecule has 2 aromatic carbocycles. The van der Waals surface area contributed by atoms with Crippen LogP contribution in [0, 0.1) is 0 Å². The number of amides is 1. The fraction of sp³-hybridized carbons (Fsp3) is 0.364. The number of nitrogens with zero attached hydrogens (tertiary/aromatic N) is 1. The van der Waals surface area contributed by atoms with E-state index in [-0.39, 0.29) is 38.0 Å². The molecule has 1 amide bonds. The first-order valence-corrected chi connectivity index (χ1v) is 9.52. The number of fused-ring (bicyclic) bond motifs is 1. The zero-order valence-corrected chi connectivity index (χ0v) is 16.3. The van der Waals surface area contributed by atoms with Crippen molar-refractivity contribution in [1.29, 1.82) is 0 Å². The third-order valence-corrected chi connectivity index (χ3v) is 4.46. The summed E-state index contributed by atoms with van der Waals surface area (Å²) in [6.07, 6.45) is 0. The molecule has 1 aliphatic rings. The lowest BCUT2D eigenvalue weighted by Gasteiger charge is -2.23. The number of hydrogen-bond donors (Lipinski definition) is 0. The molecule has 7 heteroatoms. The molecule has 1 aliphatic heterocycles. The maximum atomic E-state index is 13.2. The second kappa shape index (κ2) is 10.7. The Morgan fingerprint density at radius 2 is 1.66 bits per heavy atom. The van der Waals surface area contributed by atoms with Crippen LogP contribution in [0.25, 0.3) is 10.8 Å². The second-order valence-electron chi connectivity index (χ2n) is 6.54. The van der Waals surface area contributed by atoms with Crippen molar-refractivity contribution in [1.82, 2.24) is 4.90 Å². The van der Waals surface area contributed by atoms with Crippen LogP contribution in [0.2, 0.25) is 0 Å². The van der Waals surface area contributed by atoms with Gasteiger partial charge in [0.2, 0.25) is 0 Å². The van der Waals surface area contributed by atoms with Crippen molar-refractivity contribution in [2.75, 3.05) is 52.9 Å². The number of hydrogen-bond acceptors (Lipinski definition) is 6. The van der Waals surface area contributed by atoms with Gasteiger partial charge < -0.3 is 23.8 Å². The van der Waals surface area contributed by atoms with Crippen LogP contribution in [0.5, 0.6) is 0 Å². The number of rotatable bonds is 1. The van der Waals surface area contributed by atoms with Gasteiger partial charge >= 0.3 is 5.97 Å². The highest BCUT2D eigenvalue weighted by Crippen LogP contribution is 2.20. The van der Waals surface area contributed by atoms with Gasteiger partial charge in [-0.15, -0.1) is 0 Å². The van der Waals surface area contributed by atoms with Crippen LogP contribution in [0.4, 0.5) is 0 Å². The summed E-state index contributed by atoms with van der Waals surface area (Å²) in [4.78, 5) is 26.5. The van der Waals surface area contributed by atoms with Crippen LogP contribution in [0.1, 0.15) is 10.4 Å². The summed E-state index contributed by atoms with van der Waals surface area (Å²) >= 11 is 0. The zero-order chi connectivity index (χ0) is 20.5. The molecule has 1 saturated heterocycles. The van der Waals surface area contributed by atoms with Gasteiger partial charge in [-0.2, -0.15) is 0 Å². The molecule has 0 aliphatic carbocycles. The summed E-state index contributed by atoms with van der Waals surface area (Å²) in [6.45, 7) is 5.43. The van der Waals surface area contributed by atoms with E-state index in [0.29, 0.717) is 31.9 Å². The Labute approximate surface area is 169 Å². The summed E-state index contributed by atoms with van der Waals surface area (Å²) in [5.41, 5.74) is 0.850. The van der Waals surface area contributed by atoms with E-state index in [4.69, 9.17) is 18.9 Å². The van der Waals surface area contributed by atoms with Crippen molar-refractivity contribution in [3.8, 4) is 0 Å². The van der Waals surface area contributed by atoms with E-state index in [2.05, 4.69) is 6.58 Å². The first-order valence-electron chi connectivity index (χ1n) is 9.52. The minimum Gasteiger partial charge on any atom is -0.460 e. The molecule has 0 spiro atoms. The highest BCUT2D eigenvalue weighted by molar-refractivity contribution is 6.06. The van der Waals surface area contributed by atoms with Gasteiger partial charge in [-0.3, -0.25) is 4.79 Å². The lowest BCUT2D eigenvalue weighted by atomic mass is 10.0. The van der Waals surface area contributed by atoms with E-state index in [1.807, 2.05) is 42.5 Å². The third-order valence-electron chi connectivity index (χ3n) is 4.46. The summed E-state index contributed by atoms with van der Waals surface area (Å²) in [6, 6.07) is 13.4. The number of esters is 1. The van der Waals surface area contributed by atoms with Crippen molar-refractivity contribution >= 4 is 22.6 Å². The van der Waals surface area contributed by atoms with Gasteiger partial charge in [-0.1, -0.05) is 43.0 Å². The Balaban J connectivity index is 1.69. The zero-order valence-electron chi connectivity index (χ0n) is 16.3. The van der Waals surface area contributed by atoms with Crippen LogP contribution in [0.15, 0.2) is 54.6 Å². The van der Waals surface area contributed by atoms with Crippen molar-refractivity contribution in [2.24, 2.45) is 0 Å². The number of ether oxygens (including phenoxy) is 4. The predicted molar refractivity (Wildman–Crippen MR) is 108 cm³/mol. The third kappa shape index (κ3) is 5.87. The fourth-order valence-corrected chi connectivity index (χ4v) is 2.93. The molecule has 0 atom stereocenters. The quantitative estimate of drug-likeness (QED) is 0.542. The first-order chi connectivity index (χ1) is 14.2. The van der Waals surface area contributed by atoms with Gasteiger partial charge in [-0.05, 0) is 16.8 Å². The lowest BCUT2D eigenvalue weighted by Crippen LogP contribution is -2.36. The molecule has 1 fully saturated rings. The monoisotopic (exact) mass is 399 g/mol. The molecule has 7 nitrogen and oxygen atoms in total. The summed E-state index contributed by atoms with van der Waals surface area (Å²) in [5, 5.41) is 1.89. The Hall–Kier alpha value is -2.74. The Morgan fingerprint density at radius 3 is 2.55 bits per heavy atom. The predicted octanol–water partition coefficient (Wildman–Crippen LogP) is 2.40. The number of carbonyl (C=O) groups excluding carboxylic acids is 2. The van der Waals surface area contributed by atoms with Crippen molar-refractivity contribution in [3.63, 3.8) is 0 Å². The molecule has 0 unspecified atom stereocenters. The molecule has 0 N–H and O–H groups in total. The molecule has 3 rings (SSSR count). The molecule has 1 heterocycles. The SMILES string of the molecule is C=C1COCCOCCN(C(=O)c2cccc3ccccc23)COCCOC1=O. The van der Waals surface area contributed by atoms with Crippen molar-refractivity contribution < 1.29 is 28.5 Å². The molecule has 0 bridgehead atoms. The average molecular weight is 399 g/mol. The molecule has 0 aromatic heterocycles. The molecule has 29 heavy (non-hydrogen) atoms. The summed E-state index contributed by atoms with van der Waals surface area (Å²) in [7, 11) is 0. The van der Waals surface area contributed by atoms with E-state index in [1.54, 1.807) is 4.90 Å². The minimum absolute atomic E-state index is 0.0699. The largest absolute Gasteiger partial charge is 0.460 e. The van der Waals surface area contributed by atoms with Crippen molar-refractivity contribution in [2.45, 2.75) is 0 Å². The van der Waals surface area contributed by atoms with Gasteiger partial charge in [0.05, 0.1) is 38.6 Å². The van der Waals surface area contributed by atoms with Gasteiger partial charge in [0.1, 0.15) is 13.3 Å². The standard InChI is InChI=1S/C22H25NO6/c1-17-15-27-12-11-26-10-9-23(16-28-13-14-29-22(17)25)21(24)20-8-4-6-18-5-2-3-7-19(18)20/h2-8H,1,9-16H2. The highest BCUT2D eigenvalue weighted by Gasteiger charge is 2.18. The summed E-state index contributed by atoms with van der Waals surface area (Å²) < 4.78 is 21.6. The molecule has 0 saturated carbocycles. The minimum atomic E-state index is -0.520. The molecule has 2 aromatic rings. The van der Waals surface area contributed by atoms with Gasteiger partial charge in [0.15, 0.2) is 0 Å². The molecular weight excluding hydrogens is 374 g/mol. The molecule has 0 radical (unpaired) electrons. The molecule has 154 valence electrons. The highest BCUT2D eigenvalue weighted by atomic mass is 16.6. The smallest absolute Gasteiger partial charge is 0.335 e. The van der Waals surface area contributed by atoms with Gasteiger partial charge in [0, 0.05) is 12.1 Å². The van der Waals surface area contributed by atoms with Gasteiger partial charge in [-0.25, -0.2) is 4.79 Å². The van der Waals surface area contributed by atoms with E-state index in [1.165, 1.54) is 0 Å². The Kier molecular flexibility index (Phi) is 7.75. The maximum absolute atomic E-state index is 13.2. The first kappa shape index (κ1) is 21.0. The number of carbonyl (C=O) groups is 2. The van der Waals surface area contributed by atoms with E-state index in [9.17, 15) is 9.59 Å². The van der Waals surface area contributed by atoms with Crippen LogP contribution in [-0.4, -0.2) is 69.7 Å². The van der Waals surface area contributed by atoms with E-state index < -0.39 is 5.97 Å². The average Bonchev–Trinajstić information content (AvgIpc) is 2.75.